The summed E-state index contributed by atoms with van der Waals surface area (Å²) < 4.78 is 0. The SMILES string of the molecule is CCCCCCCCCCC(O)C1(C)CCCCC1. The van der Waals surface area contributed by atoms with E-state index in [9.17, 15) is 5.11 Å². The third kappa shape index (κ3) is 6.79. The average molecular weight is 268 g/mol. The van der Waals surface area contributed by atoms with Gasteiger partial charge in [0.25, 0.3) is 0 Å². The van der Waals surface area contributed by atoms with Crippen molar-refractivity contribution in [1.82, 2.24) is 0 Å². The molecule has 1 aliphatic rings. The van der Waals surface area contributed by atoms with Gasteiger partial charge < -0.3 is 5.11 Å². The Morgan fingerprint density at radius 3 is 1.95 bits per heavy atom. The highest BCUT2D eigenvalue weighted by Gasteiger charge is 2.33. The minimum absolute atomic E-state index is 0.0482. The van der Waals surface area contributed by atoms with Gasteiger partial charge in [-0.25, -0.2) is 0 Å². The second kappa shape index (κ2) is 9.80. The minimum Gasteiger partial charge on any atom is -0.393 e. The zero-order valence-electron chi connectivity index (χ0n) is 13.4. The first kappa shape index (κ1) is 17.0. The Labute approximate surface area is 121 Å². The average Bonchev–Trinajstić information content (AvgIpc) is 2.42. The number of aliphatic hydroxyl groups excluding tert-OH is 1. The van der Waals surface area contributed by atoms with Crippen molar-refractivity contribution in [1.29, 1.82) is 0 Å². The van der Waals surface area contributed by atoms with Crippen molar-refractivity contribution in [2.24, 2.45) is 5.41 Å². The van der Waals surface area contributed by atoms with Crippen molar-refractivity contribution in [3.05, 3.63) is 0 Å². The van der Waals surface area contributed by atoms with Crippen molar-refractivity contribution in [2.45, 2.75) is 110 Å². The van der Waals surface area contributed by atoms with Gasteiger partial charge in [0.2, 0.25) is 0 Å². The molecule has 1 rings (SSSR count). The Morgan fingerprint density at radius 1 is 0.842 bits per heavy atom. The molecule has 0 aliphatic heterocycles. The van der Waals surface area contributed by atoms with Crippen LogP contribution < -0.4 is 0 Å². The van der Waals surface area contributed by atoms with Gasteiger partial charge in [0, 0.05) is 0 Å². The van der Waals surface area contributed by atoms with Crippen LogP contribution in [0.4, 0.5) is 0 Å². The molecular formula is C18H36O. The van der Waals surface area contributed by atoms with Gasteiger partial charge in [-0.1, -0.05) is 84.5 Å². The summed E-state index contributed by atoms with van der Waals surface area (Å²) in [6.07, 6.45) is 18.4. The molecule has 1 N–H and O–H groups in total. The largest absolute Gasteiger partial charge is 0.393 e. The molecule has 19 heavy (non-hydrogen) atoms. The highest BCUT2D eigenvalue weighted by molar-refractivity contribution is 4.85. The normalized spacial score (nSPS) is 20.4. The van der Waals surface area contributed by atoms with Crippen LogP contribution >= 0.6 is 0 Å². The lowest BCUT2D eigenvalue weighted by atomic mass is 9.70. The van der Waals surface area contributed by atoms with E-state index < -0.39 is 0 Å². The molecule has 1 aliphatic carbocycles. The van der Waals surface area contributed by atoms with E-state index in [0.717, 1.165) is 6.42 Å². The number of hydrogen-bond donors (Lipinski definition) is 1. The maximum absolute atomic E-state index is 10.4. The summed E-state index contributed by atoms with van der Waals surface area (Å²) in [5, 5.41) is 10.4. The quantitative estimate of drug-likeness (QED) is 0.493. The molecule has 0 aromatic carbocycles. The Bertz CT molecular complexity index is 206. The van der Waals surface area contributed by atoms with Crippen LogP contribution in [0, 0.1) is 5.41 Å². The van der Waals surface area contributed by atoms with Crippen molar-refractivity contribution in [2.75, 3.05) is 0 Å². The zero-order valence-corrected chi connectivity index (χ0v) is 13.4. The van der Waals surface area contributed by atoms with E-state index in [4.69, 9.17) is 0 Å². The maximum atomic E-state index is 10.4. The molecule has 0 radical (unpaired) electrons. The molecule has 0 aromatic heterocycles. The van der Waals surface area contributed by atoms with Gasteiger partial charge >= 0.3 is 0 Å². The van der Waals surface area contributed by atoms with Crippen LogP contribution in [0.2, 0.25) is 0 Å². The van der Waals surface area contributed by atoms with Crippen LogP contribution in [0.3, 0.4) is 0 Å². The molecule has 0 spiro atoms. The molecule has 0 saturated heterocycles. The molecule has 0 aromatic rings. The van der Waals surface area contributed by atoms with E-state index in [1.54, 1.807) is 0 Å². The molecule has 0 heterocycles. The first-order chi connectivity index (χ1) is 9.19. The van der Waals surface area contributed by atoms with Gasteiger partial charge in [-0.15, -0.1) is 0 Å². The second-order valence-electron chi connectivity index (χ2n) is 6.99. The van der Waals surface area contributed by atoms with Crippen LogP contribution in [0.25, 0.3) is 0 Å². The van der Waals surface area contributed by atoms with Gasteiger partial charge in [0.05, 0.1) is 6.10 Å². The molecule has 1 fully saturated rings. The maximum Gasteiger partial charge on any atom is 0.0593 e. The fourth-order valence-electron chi connectivity index (χ4n) is 3.51. The number of hydrogen-bond acceptors (Lipinski definition) is 1. The predicted octanol–water partition coefficient (Wildman–Crippen LogP) is 5.85. The summed E-state index contributed by atoms with van der Waals surface area (Å²) in [6.45, 7) is 4.58. The van der Waals surface area contributed by atoms with Gasteiger partial charge in [-0.05, 0) is 24.7 Å². The summed E-state index contributed by atoms with van der Waals surface area (Å²) in [5.41, 5.74) is 0.235. The molecule has 0 bridgehead atoms. The lowest BCUT2D eigenvalue weighted by Gasteiger charge is -2.38. The summed E-state index contributed by atoms with van der Waals surface area (Å²) in [5.74, 6) is 0. The van der Waals surface area contributed by atoms with E-state index >= 15 is 0 Å². The number of aliphatic hydroxyl groups is 1. The van der Waals surface area contributed by atoms with E-state index in [1.807, 2.05) is 0 Å². The topological polar surface area (TPSA) is 20.2 Å². The highest BCUT2D eigenvalue weighted by atomic mass is 16.3. The zero-order chi connectivity index (χ0) is 14.0. The molecular weight excluding hydrogens is 232 g/mol. The first-order valence-corrected chi connectivity index (χ1v) is 8.87. The minimum atomic E-state index is -0.0482. The van der Waals surface area contributed by atoms with Crippen molar-refractivity contribution in [3.63, 3.8) is 0 Å². The van der Waals surface area contributed by atoms with Crippen LogP contribution in [0.15, 0.2) is 0 Å². The molecule has 114 valence electrons. The van der Waals surface area contributed by atoms with Crippen LogP contribution in [-0.4, -0.2) is 11.2 Å². The molecule has 1 heteroatoms. The van der Waals surface area contributed by atoms with Crippen molar-refractivity contribution >= 4 is 0 Å². The number of rotatable bonds is 10. The summed E-state index contributed by atoms with van der Waals surface area (Å²) in [4.78, 5) is 0. The van der Waals surface area contributed by atoms with Crippen molar-refractivity contribution in [3.8, 4) is 0 Å². The van der Waals surface area contributed by atoms with E-state index in [1.165, 1.54) is 83.5 Å². The smallest absolute Gasteiger partial charge is 0.0593 e. The van der Waals surface area contributed by atoms with Crippen LogP contribution in [0.5, 0.6) is 0 Å². The van der Waals surface area contributed by atoms with Gasteiger partial charge in [-0.3, -0.25) is 0 Å². The van der Waals surface area contributed by atoms with Crippen LogP contribution in [0.1, 0.15) is 104 Å². The lowest BCUT2D eigenvalue weighted by Crippen LogP contribution is -2.34. The third-order valence-electron chi connectivity index (χ3n) is 5.13. The standard InChI is InChI=1S/C18H36O/c1-3-4-5-6-7-8-9-11-14-17(19)18(2)15-12-10-13-16-18/h17,19H,3-16H2,1-2H3. The Hall–Kier alpha value is -0.0400. The third-order valence-corrected chi connectivity index (χ3v) is 5.13. The molecule has 1 saturated carbocycles. The predicted molar refractivity (Wildman–Crippen MR) is 84.4 cm³/mol. The molecule has 1 atom stereocenters. The van der Waals surface area contributed by atoms with E-state index in [0.29, 0.717) is 0 Å². The monoisotopic (exact) mass is 268 g/mol. The second-order valence-corrected chi connectivity index (χ2v) is 6.99. The Balaban J connectivity index is 1.99. The van der Waals surface area contributed by atoms with Gasteiger partial charge in [0.15, 0.2) is 0 Å². The van der Waals surface area contributed by atoms with Crippen LogP contribution in [-0.2, 0) is 0 Å². The fourth-order valence-corrected chi connectivity index (χ4v) is 3.51. The highest BCUT2D eigenvalue weighted by Crippen LogP contribution is 2.40. The Kier molecular flexibility index (Phi) is 8.77. The summed E-state index contributed by atoms with van der Waals surface area (Å²) in [6, 6.07) is 0. The summed E-state index contributed by atoms with van der Waals surface area (Å²) >= 11 is 0. The Morgan fingerprint density at radius 2 is 1.37 bits per heavy atom. The van der Waals surface area contributed by atoms with E-state index in [-0.39, 0.29) is 11.5 Å². The number of unbranched alkanes of at least 4 members (excludes halogenated alkanes) is 7. The van der Waals surface area contributed by atoms with E-state index in [2.05, 4.69) is 13.8 Å². The summed E-state index contributed by atoms with van der Waals surface area (Å²) in [7, 11) is 0. The fraction of sp³-hybridized carbons (Fsp3) is 1.00. The molecule has 1 nitrogen and oxygen atoms in total. The van der Waals surface area contributed by atoms with Gasteiger partial charge in [-0.2, -0.15) is 0 Å². The molecule has 0 amide bonds. The van der Waals surface area contributed by atoms with Crippen molar-refractivity contribution < 1.29 is 5.11 Å². The molecule has 1 unspecified atom stereocenters. The van der Waals surface area contributed by atoms with Gasteiger partial charge in [0.1, 0.15) is 0 Å². The first-order valence-electron chi connectivity index (χ1n) is 8.87. The lowest BCUT2D eigenvalue weighted by molar-refractivity contribution is 0.00267.